The second-order valence-corrected chi connectivity index (χ2v) is 8.39. The summed E-state index contributed by atoms with van der Waals surface area (Å²) in [4.78, 5) is 1.84. The van der Waals surface area contributed by atoms with Gasteiger partial charge in [0.2, 0.25) is 0 Å². The van der Waals surface area contributed by atoms with E-state index in [4.69, 9.17) is 0 Å². The lowest BCUT2D eigenvalue weighted by Crippen LogP contribution is -3.15. The van der Waals surface area contributed by atoms with Gasteiger partial charge in [-0.2, -0.15) is 0 Å². The van der Waals surface area contributed by atoms with Gasteiger partial charge in [-0.05, 0) is 43.9 Å². The molecule has 0 aromatic heterocycles. The smallest absolute Gasteiger partial charge is 0.0971 e. The molecule has 5 aliphatic rings. The van der Waals surface area contributed by atoms with Crippen LogP contribution in [0.5, 0.6) is 0 Å². The van der Waals surface area contributed by atoms with E-state index in [0.29, 0.717) is 5.54 Å². The predicted octanol–water partition coefficient (Wildman–Crippen LogP) is 0.586. The van der Waals surface area contributed by atoms with Crippen LogP contribution in [-0.4, -0.2) is 31.2 Å². The van der Waals surface area contributed by atoms with Gasteiger partial charge in [0.15, 0.2) is 0 Å². The van der Waals surface area contributed by atoms with E-state index in [9.17, 15) is 0 Å². The molecule has 0 atom stereocenters. The lowest BCUT2D eigenvalue weighted by Gasteiger charge is -2.55. The van der Waals surface area contributed by atoms with Crippen LogP contribution in [0.25, 0.3) is 0 Å². The average Bonchev–Trinajstić information content (AvgIpc) is 2.37. The first kappa shape index (κ1) is 12.6. The Balaban J connectivity index is 1.40. The predicted molar refractivity (Wildman–Crippen MR) is 77.1 cm³/mol. The van der Waals surface area contributed by atoms with Gasteiger partial charge in [0.05, 0.1) is 31.2 Å². The van der Waals surface area contributed by atoms with Gasteiger partial charge in [0, 0.05) is 32.1 Å². The third-order valence-electron chi connectivity index (χ3n) is 6.91. The topological polar surface area (TPSA) is 21.1 Å². The zero-order valence-corrected chi connectivity index (χ0v) is 12.7. The highest BCUT2D eigenvalue weighted by molar-refractivity contribution is 5.01. The van der Waals surface area contributed by atoms with Crippen molar-refractivity contribution in [1.82, 2.24) is 0 Å². The summed E-state index contributed by atoms with van der Waals surface area (Å²) in [7, 11) is 0. The highest BCUT2D eigenvalue weighted by atomic mass is 15.1. The molecule has 0 spiro atoms. The minimum absolute atomic E-state index is 0.711. The van der Waals surface area contributed by atoms with Crippen molar-refractivity contribution in [1.29, 1.82) is 0 Å². The molecule has 1 aliphatic heterocycles. The molecule has 3 N–H and O–H groups in total. The number of rotatable bonds is 3. The molecular weight excluding hydrogens is 232 g/mol. The van der Waals surface area contributed by atoms with Crippen molar-refractivity contribution < 1.29 is 10.2 Å². The molecule has 0 radical (unpaired) electrons. The molecule has 4 aliphatic carbocycles. The van der Waals surface area contributed by atoms with E-state index < -0.39 is 0 Å². The lowest BCUT2D eigenvalue weighted by molar-refractivity contribution is -0.914. The average molecular weight is 264 g/mol. The van der Waals surface area contributed by atoms with Crippen LogP contribution in [0.2, 0.25) is 0 Å². The van der Waals surface area contributed by atoms with Crippen molar-refractivity contribution in [3.05, 3.63) is 0 Å². The first-order chi connectivity index (χ1) is 9.25. The number of nitrogens with two attached hydrogens (primary N) is 1. The van der Waals surface area contributed by atoms with E-state index in [2.05, 4.69) is 12.2 Å². The Kier molecular flexibility index (Phi) is 3.15. The summed E-state index contributed by atoms with van der Waals surface area (Å²) in [6, 6.07) is 0.964. The van der Waals surface area contributed by atoms with Gasteiger partial charge in [-0.25, -0.2) is 0 Å². The highest BCUT2D eigenvalue weighted by Crippen LogP contribution is 2.54. The lowest BCUT2D eigenvalue weighted by atomic mass is 9.53. The second kappa shape index (κ2) is 4.73. The van der Waals surface area contributed by atoms with Crippen LogP contribution in [-0.2, 0) is 0 Å². The molecule has 0 aromatic carbocycles. The van der Waals surface area contributed by atoms with Gasteiger partial charge in [-0.3, -0.25) is 0 Å². The molecule has 0 unspecified atom stereocenters. The maximum Gasteiger partial charge on any atom is 0.0971 e. The normalized spacial score (nSPS) is 52.6. The van der Waals surface area contributed by atoms with Gasteiger partial charge in [0.25, 0.3) is 0 Å². The molecule has 0 amide bonds. The third-order valence-corrected chi connectivity index (χ3v) is 6.91. The molecule has 108 valence electrons. The van der Waals surface area contributed by atoms with Crippen molar-refractivity contribution in [2.45, 2.75) is 69.9 Å². The van der Waals surface area contributed by atoms with Crippen molar-refractivity contribution in [3.8, 4) is 0 Å². The van der Waals surface area contributed by atoms with Crippen LogP contribution in [0.4, 0.5) is 0 Å². The van der Waals surface area contributed by atoms with Gasteiger partial charge in [-0.1, -0.05) is 0 Å². The first-order valence-electron chi connectivity index (χ1n) is 8.94. The molecule has 1 saturated heterocycles. The fraction of sp³-hybridized carbons (Fsp3) is 1.00. The molecule has 2 heteroatoms. The quantitative estimate of drug-likeness (QED) is 0.744. The SMILES string of the molecule is CC[NH+]1CCC([NH2+]C23CC4CC(CC(C4)C2)C3)CC1. The van der Waals surface area contributed by atoms with Gasteiger partial charge < -0.3 is 10.2 Å². The molecule has 2 nitrogen and oxygen atoms in total. The highest BCUT2D eigenvalue weighted by Gasteiger charge is 2.54. The summed E-state index contributed by atoms with van der Waals surface area (Å²) >= 11 is 0. The van der Waals surface area contributed by atoms with Crippen LogP contribution in [0, 0.1) is 17.8 Å². The number of piperidine rings is 1. The fourth-order valence-electron chi connectivity index (χ4n) is 6.45. The molecule has 19 heavy (non-hydrogen) atoms. The minimum atomic E-state index is 0.711. The van der Waals surface area contributed by atoms with Crippen molar-refractivity contribution in [2.24, 2.45) is 17.8 Å². The first-order valence-corrected chi connectivity index (χ1v) is 8.94. The summed E-state index contributed by atoms with van der Waals surface area (Å²) in [5.41, 5.74) is 0.711. The van der Waals surface area contributed by atoms with Crippen LogP contribution in [0.1, 0.15) is 58.3 Å². The van der Waals surface area contributed by atoms with Crippen LogP contribution in [0.15, 0.2) is 0 Å². The zero-order chi connectivity index (χ0) is 12.9. The molecule has 0 aromatic rings. The number of nitrogens with one attached hydrogen (secondary N) is 1. The van der Waals surface area contributed by atoms with Crippen LogP contribution in [0.3, 0.4) is 0 Å². The molecule has 4 bridgehead atoms. The van der Waals surface area contributed by atoms with E-state index in [-0.39, 0.29) is 0 Å². The number of hydrogen-bond donors (Lipinski definition) is 2. The zero-order valence-electron chi connectivity index (χ0n) is 12.7. The van der Waals surface area contributed by atoms with Gasteiger partial charge in [0.1, 0.15) is 0 Å². The van der Waals surface area contributed by atoms with Gasteiger partial charge >= 0.3 is 0 Å². The maximum absolute atomic E-state index is 2.91. The summed E-state index contributed by atoms with van der Waals surface area (Å²) in [6.45, 7) is 6.55. The summed E-state index contributed by atoms with van der Waals surface area (Å²) in [5.74, 6) is 3.34. The number of likely N-dealkylation sites (tertiary alicyclic amines) is 1. The van der Waals surface area contributed by atoms with Gasteiger partial charge in [-0.15, -0.1) is 0 Å². The van der Waals surface area contributed by atoms with E-state index in [1.807, 2.05) is 4.90 Å². The molecular formula is C17H32N2+2. The molecule has 4 saturated carbocycles. The monoisotopic (exact) mass is 264 g/mol. The Morgan fingerprint density at radius 2 is 1.47 bits per heavy atom. The molecule has 1 heterocycles. The summed E-state index contributed by atoms with van der Waals surface area (Å²) in [6.07, 6.45) is 12.4. The summed E-state index contributed by atoms with van der Waals surface area (Å²) < 4.78 is 0. The minimum Gasteiger partial charge on any atom is -0.339 e. The summed E-state index contributed by atoms with van der Waals surface area (Å²) in [5, 5.41) is 2.91. The number of quaternary nitrogens is 2. The second-order valence-electron chi connectivity index (χ2n) is 8.39. The largest absolute Gasteiger partial charge is 0.339 e. The van der Waals surface area contributed by atoms with E-state index in [1.165, 1.54) is 32.5 Å². The number of hydrogen-bond acceptors (Lipinski definition) is 0. The Bertz CT molecular complexity index is 295. The Morgan fingerprint density at radius 1 is 0.947 bits per heavy atom. The fourth-order valence-corrected chi connectivity index (χ4v) is 6.45. The van der Waals surface area contributed by atoms with E-state index in [1.54, 1.807) is 38.5 Å². The Morgan fingerprint density at radius 3 is 1.95 bits per heavy atom. The van der Waals surface area contributed by atoms with Crippen molar-refractivity contribution in [3.63, 3.8) is 0 Å². The van der Waals surface area contributed by atoms with E-state index >= 15 is 0 Å². The van der Waals surface area contributed by atoms with E-state index in [0.717, 1.165) is 23.8 Å². The third kappa shape index (κ3) is 2.35. The van der Waals surface area contributed by atoms with Crippen LogP contribution < -0.4 is 10.2 Å². The van der Waals surface area contributed by atoms with Crippen LogP contribution >= 0.6 is 0 Å². The maximum atomic E-state index is 2.91. The Hall–Kier alpha value is -0.0800. The van der Waals surface area contributed by atoms with Crippen molar-refractivity contribution in [2.75, 3.05) is 19.6 Å². The molecule has 5 rings (SSSR count). The van der Waals surface area contributed by atoms with Crippen molar-refractivity contribution >= 4 is 0 Å². The molecule has 5 fully saturated rings. The standard InChI is InChI=1S/C17H30N2/c1-2-19-5-3-16(4-6-19)18-17-10-13-7-14(11-17)9-15(8-13)12-17/h13-16,18H,2-12H2,1H3/p+2. The Labute approximate surface area is 118 Å².